The van der Waals surface area contributed by atoms with Crippen molar-refractivity contribution in [2.45, 2.75) is 89.3 Å². The SMILES string of the molecule is C[C@@H](Oc1cc(-c2cnn(C3CCN(C(=O)CCCCCCCNc4cccc5c4C(=O)N(C4CCC(=O)NC4=O)C5=O)CC3)c2)cnc1N)c1c(Cl)ccc(F)c1Cl. The lowest BCUT2D eigenvalue weighted by molar-refractivity contribution is -0.136. The number of fused-ring (bicyclic) bond motifs is 1. The van der Waals surface area contributed by atoms with Crippen LogP contribution in [0.25, 0.3) is 11.1 Å². The Morgan fingerprint density at radius 3 is 2.54 bits per heavy atom. The lowest BCUT2D eigenvalue weighted by Gasteiger charge is -2.32. The van der Waals surface area contributed by atoms with E-state index in [-0.39, 0.29) is 51.8 Å². The zero-order valence-electron chi connectivity index (χ0n) is 32.5. The molecule has 2 aromatic heterocycles. The van der Waals surface area contributed by atoms with Gasteiger partial charge in [0.25, 0.3) is 11.8 Å². The first-order valence-electron chi connectivity index (χ1n) is 19.9. The molecule has 0 radical (unpaired) electrons. The Morgan fingerprint density at radius 1 is 1.00 bits per heavy atom. The summed E-state index contributed by atoms with van der Waals surface area (Å²) in [6.07, 6.45) is 11.3. The number of likely N-dealkylation sites (tertiary alicyclic amines) is 1. The summed E-state index contributed by atoms with van der Waals surface area (Å²) < 4.78 is 22.1. The zero-order valence-corrected chi connectivity index (χ0v) is 34.0. The maximum atomic E-state index is 14.1. The van der Waals surface area contributed by atoms with Crippen LogP contribution in [-0.2, 0) is 14.4 Å². The number of benzene rings is 2. The van der Waals surface area contributed by atoms with Gasteiger partial charge in [-0.3, -0.25) is 38.9 Å². The number of imide groups is 2. The molecule has 0 bridgehead atoms. The molecule has 4 aromatic rings. The summed E-state index contributed by atoms with van der Waals surface area (Å²) in [6, 6.07) is 8.54. The van der Waals surface area contributed by atoms with E-state index in [1.165, 1.54) is 12.1 Å². The molecule has 3 aliphatic heterocycles. The number of halogens is 3. The highest BCUT2D eigenvalue weighted by molar-refractivity contribution is 6.36. The molecule has 5 amide bonds. The van der Waals surface area contributed by atoms with E-state index in [4.69, 9.17) is 33.7 Å². The predicted octanol–water partition coefficient (Wildman–Crippen LogP) is 7.13. The third kappa shape index (κ3) is 9.05. The van der Waals surface area contributed by atoms with Gasteiger partial charge in [0.1, 0.15) is 18.0 Å². The van der Waals surface area contributed by atoms with Gasteiger partial charge in [0.15, 0.2) is 11.6 Å². The fourth-order valence-corrected chi connectivity index (χ4v) is 8.59. The molecule has 17 heteroatoms. The van der Waals surface area contributed by atoms with Crippen LogP contribution >= 0.6 is 23.2 Å². The van der Waals surface area contributed by atoms with Crippen LogP contribution < -0.4 is 21.1 Å². The molecular formula is C42H45Cl2FN8O6. The van der Waals surface area contributed by atoms with Crippen molar-refractivity contribution < 1.29 is 33.1 Å². The number of nitrogens with two attached hydrogens (primary N) is 1. The number of nitrogens with zero attached hydrogens (tertiary/aromatic N) is 5. The van der Waals surface area contributed by atoms with Crippen LogP contribution in [0.4, 0.5) is 15.9 Å². The number of aromatic nitrogens is 3. The molecule has 5 heterocycles. The highest BCUT2D eigenvalue weighted by Gasteiger charge is 2.45. The second kappa shape index (κ2) is 18.2. The molecule has 310 valence electrons. The second-order valence-electron chi connectivity index (χ2n) is 15.1. The number of anilines is 2. The minimum atomic E-state index is -1.01. The first-order valence-corrected chi connectivity index (χ1v) is 20.6. The second-order valence-corrected chi connectivity index (χ2v) is 15.9. The third-order valence-electron chi connectivity index (χ3n) is 11.1. The van der Waals surface area contributed by atoms with E-state index in [0.717, 1.165) is 61.0 Å². The quantitative estimate of drug-likeness (QED) is 0.0633. The summed E-state index contributed by atoms with van der Waals surface area (Å²) in [4.78, 5) is 70.6. The standard InChI is InChI=1S/C42H45Cl2FN8O6/c1-24(36-29(43)11-12-30(45)38(36)44)59-33-20-25(21-48-39(33)46)26-22-49-52(23-26)27-15-18-51(19-16-27)35(55)10-5-3-2-4-6-17-47-31-9-7-8-28-37(31)42(58)53(41(28)57)32-13-14-34(54)50-40(32)56/h7-9,11-12,20-24,27,32,47H,2-6,10,13-19H2,1H3,(H2,46,48)(H,50,54,56)/t24-,32?/m1/s1. The van der Waals surface area contributed by atoms with Crippen molar-refractivity contribution in [3.05, 3.63) is 87.5 Å². The average molecular weight is 848 g/mol. The van der Waals surface area contributed by atoms with Gasteiger partial charge in [-0.25, -0.2) is 9.37 Å². The van der Waals surface area contributed by atoms with Gasteiger partial charge in [-0.2, -0.15) is 5.10 Å². The summed E-state index contributed by atoms with van der Waals surface area (Å²) in [6.45, 7) is 3.60. The molecule has 2 aromatic carbocycles. The highest BCUT2D eigenvalue weighted by Crippen LogP contribution is 2.38. The summed E-state index contributed by atoms with van der Waals surface area (Å²) in [5.41, 5.74) is 9.04. The molecule has 0 spiro atoms. The Hall–Kier alpha value is -5.54. The van der Waals surface area contributed by atoms with E-state index < -0.39 is 41.6 Å². The largest absolute Gasteiger partial charge is 0.482 e. The van der Waals surface area contributed by atoms with Gasteiger partial charge >= 0.3 is 0 Å². The Bertz CT molecular complexity index is 2280. The van der Waals surface area contributed by atoms with Gasteiger partial charge in [0.2, 0.25) is 17.7 Å². The number of hydrogen-bond acceptors (Lipinski definition) is 10. The first kappa shape index (κ1) is 41.6. The van der Waals surface area contributed by atoms with Crippen molar-refractivity contribution >= 4 is 64.2 Å². The van der Waals surface area contributed by atoms with Crippen molar-refractivity contribution in [1.29, 1.82) is 0 Å². The summed E-state index contributed by atoms with van der Waals surface area (Å²) in [7, 11) is 0. The smallest absolute Gasteiger partial charge is 0.264 e. The Morgan fingerprint density at radius 2 is 1.76 bits per heavy atom. The molecule has 59 heavy (non-hydrogen) atoms. The predicted molar refractivity (Wildman–Crippen MR) is 219 cm³/mol. The van der Waals surface area contributed by atoms with Crippen LogP contribution in [0.3, 0.4) is 0 Å². The average Bonchev–Trinajstić information content (AvgIpc) is 3.81. The van der Waals surface area contributed by atoms with E-state index in [2.05, 4.69) is 20.7 Å². The number of ether oxygens (including phenoxy) is 1. The number of piperidine rings is 2. The van der Waals surface area contributed by atoms with Gasteiger partial charge in [-0.15, -0.1) is 0 Å². The molecule has 3 aliphatic rings. The summed E-state index contributed by atoms with van der Waals surface area (Å²) in [5.74, 6) is -2.09. The van der Waals surface area contributed by atoms with E-state index in [1.54, 1.807) is 43.6 Å². The number of amides is 5. The fourth-order valence-electron chi connectivity index (χ4n) is 7.91. The monoisotopic (exact) mass is 846 g/mol. The number of pyridine rings is 1. The van der Waals surface area contributed by atoms with E-state index >= 15 is 0 Å². The van der Waals surface area contributed by atoms with E-state index in [0.29, 0.717) is 43.1 Å². The Balaban J connectivity index is 0.811. The number of rotatable bonds is 15. The van der Waals surface area contributed by atoms with Crippen molar-refractivity contribution in [3.8, 4) is 16.9 Å². The first-order chi connectivity index (χ1) is 28.4. The van der Waals surface area contributed by atoms with Gasteiger partial charge < -0.3 is 20.7 Å². The molecule has 7 rings (SSSR count). The van der Waals surface area contributed by atoms with Crippen LogP contribution in [0.15, 0.2) is 55.0 Å². The fraction of sp³-hybridized carbons (Fsp3) is 0.405. The lowest BCUT2D eigenvalue weighted by atomic mass is 10.0. The molecule has 0 aliphatic carbocycles. The molecule has 2 fully saturated rings. The van der Waals surface area contributed by atoms with Crippen LogP contribution in [0, 0.1) is 5.82 Å². The van der Waals surface area contributed by atoms with Gasteiger partial charge in [0, 0.05) is 72.3 Å². The van der Waals surface area contributed by atoms with Crippen LogP contribution in [-0.4, -0.2) is 79.8 Å². The molecule has 2 atom stereocenters. The topological polar surface area (TPSA) is 182 Å². The maximum Gasteiger partial charge on any atom is 0.264 e. The van der Waals surface area contributed by atoms with Gasteiger partial charge in [0.05, 0.1) is 28.4 Å². The summed E-state index contributed by atoms with van der Waals surface area (Å²) in [5, 5.41) is 10.3. The number of carbonyl (C=O) groups is 5. The Labute approximate surface area is 350 Å². The van der Waals surface area contributed by atoms with Crippen LogP contribution in [0.1, 0.15) is 110 Å². The number of carbonyl (C=O) groups excluding carboxylic acids is 5. The van der Waals surface area contributed by atoms with Crippen LogP contribution in [0.5, 0.6) is 5.75 Å². The highest BCUT2D eigenvalue weighted by atomic mass is 35.5. The number of nitrogens with one attached hydrogen (secondary N) is 2. The molecular weight excluding hydrogens is 802 g/mol. The van der Waals surface area contributed by atoms with E-state index in [1.807, 2.05) is 15.8 Å². The molecule has 0 saturated carbocycles. The van der Waals surface area contributed by atoms with E-state index in [9.17, 15) is 28.4 Å². The molecule has 2 saturated heterocycles. The minimum Gasteiger partial charge on any atom is -0.482 e. The van der Waals surface area contributed by atoms with Gasteiger partial charge in [-0.1, -0.05) is 48.5 Å². The zero-order chi connectivity index (χ0) is 41.8. The number of unbranched alkanes of at least 4 members (excludes halogenated alkanes) is 4. The third-order valence-corrected chi connectivity index (χ3v) is 11.9. The van der Waals surface area contributed by atoms with Crippen molar-refractivity contribution in [1.82, 2.24) is 29.9 Å². The van der Waals surface area contributed by atoms with Crippen LogP contribution in [0.2, 0.25) is 10.0 Å². The Kier molecular flexibility index (Phi) is 12.8. The molecule has 1 unspecified atom stereocenters. The number of nitrogen functional groups attached to an aromatic ring is 1. The minimum absolute atomic E-state index is 0.0680. The summed E-state index contributed by atoms with van der Waals surface area (Å²) >= 11 is 12.5. The normalized spacial score (nSPS) is 17.6. The molecule has 14 nitrogen and oxygen atoms in total. The van der Waals surface area contributed by atoms with Crippen molar-refractivity contribution in [2.75, 3.05) is 30.7 Å². The maximum absolute atomic E-state index is 14.1. The number of hydrogen-bond donors (Lipinski definition) is 3. The lowest BCUT2D eigenvalue weighted by Crippen LogP contribution is -2.54. The van der Waals surface area contributed by atoms with Gasteiger partial charge in [-0.05, 0) is 69.4 Å². The van der Waals surface area contributed by atoms with Crippen molar-refractivity contribution in [3.63, 3.8) is 0 Å². The van der Waals surface area contributed by atoms with Crippen molar-refractivity contribution in [2.24, 2.45) is 0 Å². The molecule has 4 N–H and O–H groups in total.